The first-order valence-corrected chi connectivity index (χ1v) is 8.53. The first-order valence-electron chi connectivity index (χ1n) is 8.53. The molecule has 1 saturated heterocycles. The van der Waals surface area contributed by atoms with E-state index in [0.717, 1.165) is 61.2 Å². The van der Waals surface area contributed by atoms with E-state index in [2.05, 4.69) is 38.2 Å². The summed E-state index contributed by atoms with van der Waals surface area (Å²) in [6.45, 7) is 9.68. The zero-order chi connectivity index (χ0) is 16.1. The molecule has 1 aliphatic heterocycles. The second-order valence-corrected chi connectivity index (χ2v) is 7.08. The maximum absolute atomic E-state index is 9.54. The molecule has 0 aromatic heterocycles. The summed E-state index contributed by atoms with van der Waals surface area (Å²) in [5, 5.41) is 18.8. The number of hydrogen-bond donors (Lipinski definition) is 2. The summed E-state index contributed by atoms with van der Waals surface area (Å²) in [6.07, 6.45) is 1.07. The van der Waals surface area contributed by atoms with E-state index in [1.165, 1.54) is 11.1 Å². The fourth-order valence-electron chi connectivity index (χ4n) is 3.60. The van der Waals surface area contributed by atoms with E-state index in [4.69, 9.17) is 0 Å². The van der Waals surface area contributed by atoms with Crippen molar-refractivity contribution in [1.82, 2.24) is 0 Å². The van der Waals surface area contributed by atoms with Gasteiger partial charge in [0.05, 0.1) is 20.3 Å². The average molecular weight is 308 g/mol. The van der Waals surface area contributed by atoms with Gasteiger partial charge < -0.3 is 19.2 Å². The number of likely N-dealkylation sites (N-methyl/N-ethyl adjacent to an activating group) is 1. The summed E-state index contributed by atoms with van der Waals surface area (Å²) < 4.78 is 1.93. The predicted molar refractivity (Wildman–Crippen MR) is 89.3 cm³/mol. The molecule has 0 saturated carbocycles. The minimum atomic E-state index is 0.247. The number of rotatable bonds is 7. The zero-order valence-corrected chi connectivity index (χ0v) is 14.2. The molecular formula is C18H32N2O2+2. The van der Waals surface area contributed by atoms with E-state index in [0.29, 0.717) is 0 Å². The van der Waals surface area contributed by atoms with Crippen LogP contribution in [0.5, 0.6) is 0 Å². The third-order valence-corrected chi connectivity index (χ3v) is 5.36. The maximum Gasteiger partial charge on any atom is 0.129 e. The maximum atomic E-state index is 9.54. The molecule has 0 aliphatic carbocycles. The Labute approximate surface area is 134 Å². The molecule has 22 heavy (non-hydrogen) atoms. The highest BCUT2D eigenvalue weighted by atomic mass is 16.3. The molecule has 1 aromatic rings. The van der Waals surface area contributed by atoms with Crippen LogP contribution >= 0.6 is 0 Å². The molecule has 1 aliphatic rings. The highest BCUT2D eigenvalue weighted by Crippen LogP contribution is 2.22. The quantitative estimate of drug-likeness (QED) is 0.738. The number of hydrogen-bond acceptors (Lipinski definition) is 2. The van der Waals surface area contributed by atoms with Crippen molar-refractivity contribution in [3.05, 3.63) is 35.4 Å². The Morgan fingerprint density at radius 2 is 1.59 bits per heavy atom. The van der Waals surface area contributed by atoms with Crippen molar-refractivity contribution >= 4 is 0 Å². The van der Waals surface area contributed by atoms with Crippen LogP contribution in [0.25, 0.3) is 0 Å². The lowest BCUT2D eigenvalue weighted by atomic mass is 10.1. The Morgan fingerprint density at radius 1 is 0.955 bits per heavy atom. The molecule has 1 heterocycles. The second kappa shape index (κ2) is 7.55. The minimum Gasteiger partial charge on any atom is -0.391 e. The Morgan fingerprint density at radius 3 is 2.18 bits per heavy atom. The lowest BCUT2D eigenvalue weighted by molar-refractivity contribution is -1.03. The van der Waals surface area contributed by atoms with Gasteiger partial charge in [0.2, 0.25) is 0 Å². The van der Waals surface area contributed by atoms with Gasteiger partial charge in [-0.3, -0.25) is 0 Å². The number of piperazine rings is 1. The summed E-state index contributed by atoms with van der Waals surface area (Å²) in [6, 6.07) is 8.87. The highest BCUT2D eigenvalue weighted by Gasteiger charge is 2.39. The van der Waals surface area contributed by atoms with E-state index >= 15 is 0 Å². The van der Waals surface area contributed by atoms with Gasteiger partial charge in [-0.05, 0) is 12.0 Å². The lowest BCUT2D eigenvalue weighted by Gasteiger charge is -2.48. The standard InChI is InChI=1S/C18H32N2O2/c1-3-17-5-4-6-18(15-17)16-20(12-14-22)9-7-19(2,8-10-20)11-13-21/h4-6,15,21-22H,3,7-14,16H2,1-2H3/q+2. The van der Waals surface area contributed by atoms with Crippen molar-refractivity contribution in [2.45, 2.75) is 19.9 Å². The zero-order valence-electron chi connectivity index (χ0n) is 14.2. The van der Waals surface area contributed by atoms with E-state index in [-0.39, 0.29) is 13.2 Å². The number of benzene rings is 1. The van der Waals surface area contributed by atoms with Crippen LogP contribution in [-0.2, 0) is 13.0 Å². The molecule has 0 radical (unpaired) electrons. The van der Waals surface area contributed by atoms with Crippen molar-refractivity contribution in [3.63, 3.8) is 0 Å². The average Bonchev–Trinajstić information content (AvgIpc) is 2.51. The monoisotopic (exact) mass is 308 g/mol. The number of nitrogens with zero attached hydrogens (tertiary/aromatic N) is 2. The van der Waals surface area contributed by atoms with Crippen molar-refractivity contribution in [2.24, 2.45) is 0 Å². The largest absolute Gasteiger partial charge is 0.391 e. The van der Waals surface area contributed by atoms with Gasteiger partial charge in [-0.2, -0.15) is 0 Å². The van der Waals surface area contributed by atoms with Crippen molar-refractivity contribution in [1.29, 1.82) is 0 Å². The molecule has 1 aromatic carbocycles. The molecule has 0 bridgehead atoms. The van der Waals surface area contributed by atoms with Gasteiger partial charge >= 0.3 is 0 Å². The van der Waals surface area contributed by atoms with E-state index in [1.54, 1.807) is 0 Å². The van der Waals surface area contributed by atoms with Gasteiger partial charge in [0.25, 0.3) is 0 Å². The summed E-state index contributed by atoms with van der Waals surface area (Å²) in [5.41, 5.74) is 2.77. The molecule has 4 nitrogen and oxygen atoms in total. The molecule has 0 unspecified atom stereocenters. The van der Waals surface area contributed by atoms with Crippen LogP contribution in [0.4, 0.5) is 0 Å². The van der Waals surface area contributed by atoms with E-state index in [9.17, 15) is 10.2 Å². The molecule has 2 N–H and O–H groups in total. The summed E-state index contributed by atoms with van der Waals surface area (Å²) >= 11 is 0. The minimum absolute atomic E-state index is 0.247. The van der Waals surface area contributed by atoms with Crippen LogP contribution in [0.1, 0.15) is 18.1 Å². The van der Waals surface area contributed by atoms with Gasteiger partial charge in [-0.25, -0.2) is 0 Å². The van der Waals surface area contributed by atoms with Gasteiger partial charge in [-0.15, -0.1) is 0 Å². The van der Waals surface area contributed by atoms with E-state index in [1.807, 2.05) is 0 Å². The molecule has 4 heteroatoms. The molecule has 124 valence electrons. The van der Waals surface area contributed by atoms with Crippen LogP contribution in [0, 0.1) is 0 Å². The number of aryl methyl sites for hydroxylation is 1. The van der Waals surface area contributed by atoms with Crippen LogP contribution in [0.2, 0.25) is 0 Å². The van der Waals surface area contributed by atoms with E-state index < -0.39 is 0 Å². The topological polar surface area (TPSA) is 40.5 Å². The fraction of sp³-hybridized carbons (Fsp3) is 0.667. The van der Waals surface area contributed by atoms with Crippen LogP contribution in [0.15, 0.2) is 24.3 Å². The van der Waals surface area contributed by atoms with Gasteiger partial charge in [0.15, 0.2) is 0 Å². The fourth-order valence-corrected chi connectivity index (χ4v) is 3.60. The smallest absolute Gasteiger partial charge is 0.129 e. The van der Waals surface area contributed by atoms with Gasteiger partial charge in [-0.1, -0.05) is 31.2 Å². The summed E-state index contributed by atoms with van der Waals surface area (Å²) in [7, 11) is 2.24. The second-order valence-electron chi connectivity index (χ2n) is 7.08. The Hall–Kier alpha value is -0.940. The first-order chi connectivity index (χ1) is 10.5. The molecule has 2 rings (SSSR count). The first kappa shape index (κ1) is 17.4. The predicted octanol–water partition coefficient (Wildman–Crippen LogP) is 1.01. The Kier molecular flexibility index (Phi) is 5.98. The molecule has 0 spiro atoms. The van der Waals surface area contributed by atoms with Crippen molar-refractivity contribution in [2.75, 3.05) is 59.5 Å². The Balaban J connectivity index is 2.09. The molecule has 0 amide bonds. The highest BCUT2D eigenvalue weighted by molar-refractivity contribution is 5.22. The van der Waals surface area contributed by atoms with Crippen LogP contribution < -0.4 is 0 Å². The van der Waals surface area contributed by atoms with Crippen LogP contribution in [-0.4, -0.2) is 78.7 Å². The number of aliphatic hydroxyl groups is 2. The molecule has 0 atom stereocenters. The Bertz CT molecular complexity index is 468. The normalized spacial score (nSPS) is 28.7. The number of aliphatic hydroxyl groups excluding tert-OH is 2. The SMILES string of the molecule is CCc1cccc(C[N+]2(CCO)CC[N+](C)(CCO)CC2)c1. The lowest BCUT2D eigenvalue weighted by Crippen LogP contribution is -2.66. The number of quaternary nitrogens is 2. The molecular weight excluding hydrogens is 276 g/mol. The third-order valence-electron chi connectivity index (χ3n) is 5.36. The third kappa shape index (κ3) is 4.29. The summed E-state index contributed by atoms with van der Waals surface area (Å²) in [5.74, 6) is 0. The van der Waals surface area contributed by atoms with Crippen molar-refractivity contribution < 1.29 is 19.2 Å². The van der Waals surface area contributed by atoms with Crippen molar-refractivity contribution in [3.8, 4) is 0 Å². The van der Waals surface area contributed by atoms with Gasteiger partial charge in [0.1, 0.15) is 45.8 Å². The van der Waals surface area contributed by atoms with Gasteiger partial charge in [0, 0.05) is 5.56 Å². The summed E-state index contributed by atoms with van der Waals surface area (Å²) in [4.78, 5) is 0. The molecule has 1 fully saturated rings. The van der Waals surface area contributed by atoms with Crippen LogP contribution in [0.3, 0.4) is 0 Å².